The number of carbonyl (C=O) groups is 1. The van der Waals surface area contributed by atoms with Crippen molar-refractivity contribution in [3.8, 4) is 10.6 Å². The first kappa shape index (κ1) is 22.5. The van der Waals surface area contributed by atoms with Gasteiger partial charge in [0.05, 0.1) is 29.2 Å². The molecule has 1 aromatic carbocycles. The molecule has 0 spiro atoms. The number of amides is 1. The molecule has 4 N–H and O–H groups in total. The number of carbonyl (C=O) groups excluding carboxylic acids is 1. The number of anilines is 1. The van der Waals surface area contributed by atoms with Gasteiger partial charge in [-0.1, -0.05) is 6.07 Å². The van der Waals surface area contributed by atoms with Gasteiger partial charge in [-0.2, -0.15) is 5.10 Å². The van der Waals surface area contributed by atoms with Gasteiger partial charge in [-0.05, 0) is 32.4 Å². The van der Waals surface area contributed by atoms with Crippen LogP contribution in [0.25, 0.3) is 10.6 Å². The van der Waals surface area contributed by atoms with E-state index in [2.05, 4.69) is 15.4 Å². The lowest BCUT2D eigenvalue weighted by Crippen LogP contribution is -2.58. The van der Waals surface area contributed by atoms with Crippen LogP contribution in [0.1, 0.15) is 42.6 Å². The Balaban J connectivity index is 1.57. The van der Waals surface area contributed by atoms with E-state index in [1.807, 2.05) is 0 Å². The van der Waals surface area contributed by atoms with Crippen LogP contribution in [0.3, 0.4) is 0 Å². The average molecular weight is 464 g/mol. The number of nitrogens with two attached hydrogens (primary N) is 1. The highest BCUT2D eigenvalue weighted by molar-refractivity contribution is 7.13. The van der Waals surface area contributed by atoms with E-state index in [1.165, 1.54) is 17.6 Å². The van der Waals surface area contributed by atoms with Gasteiger partial charge in [0, 0.05) is 18.5 Å². The van der Waals surface area contributed by atoms with Crippen molar-refractivity contribution >= 4 is 22.9 Å². The van der Waals surface area contributed by atoms with Gasteiger partial charge in [0.1, 0.15) is 34.0 Å². The number of aryl methyl sites for hydroxylation is 1. The highest BCUT2D eigenvalue weighted by Gasteiger charge is 2.44. The Morgan fingerprint density at radius 3 is 2.75 bits per heavy atom. The third-order valence-electron chi connectivity index (χ3n) is 5.86. The van der Waals surface area contributed by atoms with Crippen molar-refractivity contribution in [2.24, 2.45) is 12.8 Å². The molecule has 2 aromatic heterocycles. The van der Waals surface area contributed by atoms with Crippen LogP contribution in [0.2, 0.25) is 0 Å². The smallest absolute Gasteiger partial charge is 0.275 e. The molecule has 1 saturated heterocycles. The molecule has 1 aliphatic heterocycles. The van der Waals surface area contributed by atoms with Gasteiger partial charge >= 0.3 is 0 Å². The van der Waals surface area contributed by atoms with Crippen LogP contribution in [-0.2, 0) is 11.8 Å². The lowest BCUT2D eigenvalue weighted by Gasteiger charge is -2.43. The summed E-state index contributed by atoms with van der Waals surface area (Å²) in [6.45, 7) is 3.36. The highest BCUT2D eigenvalue weighted by atomic mass is 32.1. The molecule has 0 saturated carbocycles. The maximum absolute atomic E-state index is 14.0. The Bertz CT molecular complexity index is 1130. The van der Waals surface area contributed by atoms with E-state index < -0.39 is 41.4 Å². The first-order valence-corrected chi connectivity index (χ1v) is 10.8. The van der Waals surface area contributed by atoms with E-state index in [0.717, 1.165) is 23.5 Å². The second-order valence-electron chi connectivity index (χ2n) is 7.99. The monoisotopic (exact) mass is 463 g/mol. The quantitative estimate of drug-likeness (QED) is 0.548. The number of rotatable bonds is 4. The van der Waals surface area contributed by atoms with Crippen LogP contribution in [-0.4, -0.2) is 43.5 Å². The van der Waals surface area contributed by atoms with Crippen LogP contribution in [0.5, 0.6) is 0 Å². The Morgan fingerprint density at radius 2 is 2.09 bits per heavy atom. The van der Waals surface area contributed by atoms with Gasteiger partial charge in [0.2, 0.25) is 0 Å². The number of nitrogens with zero attached hydrogens (tertiary/aromatic N) is 3. The minimum atomic E-state index is -1.18. The molecule has 0 bridgehead atoms. The van der Waals surface area contributed by atoms with Gasteiger partial charge in [0.25, 0.3) is 5.91 Å². The predicted octanol–water partition coefficient (Wildman–Crippen LogP) is 3.00. The SMILES string of the molecule is C[C@@H]1O[C@H](c2c(NC(=O)c3csc(-c4c(F)cccc4F)n3)cnn2C)C[C@H](N)[C@@]1(C)O. The molecule has 1 aliphatic rings. The van der Waals surface area contributed by atoms with Crippen LogP contribution >= 0.6 is 11.3 Å². The average Bonchev–Trinajstić information content (AvgIpc) is 3.33. The molecule has 3 heterocycles. The topological polar surface area (TPSA) is 115 Å². The summed E-state index contributed by atoms with van der Waals surface area (Å²) in [6.07, 6.45) is 0.768. The second kappa shape index (κ2) is 8.32. The van der Waals surface area contributed by atoms with E-state index in [4.69, 9.17) is 10.5 Å². The maximum atomic E-state index is 14.0. The summed E-state index contributed by atoms with van der Waals surface area (Å²) in [5, 5.41) is 18.9. The van der Waals surface area contributed by atoms with Crippen LogP contribution in [0, 0.1) is 11.6 Å². The molecule has 0 unspecified atom stereocenters. The van der Waals surface area contributed by atoms with Crippen molar-refractivity contribution in [1.29, 1.82) is 0 Å². The van der Waals surface area contributed by atoms with E-state index in [0.29, 0.717) is 17.8 Å². The lowest BCUT2D eigenvalue weighted by molar-refractivity contribution is -0.172. The van der Waals surface area contributed by atoms with Crippen molar-refractivity contribution in [2.75, 3.05) is 5.32 Å². The molecule has 32 heavy (non-hydrogen) atoms. The minimum Gasteiger partial charge on any atom is -0.386 e. The molecule has 170 valence electrons. The number of hydrogen-bond acceptors (Lipinski definition) is 7. The number of hydrogen-bond donors (Lipinski definition) is 3. The van der Waals surface area contributed by atoms with E-state index in [1.54, 1.807) is 25.6 Å². The van der Waals surface area contributed by atoms with Crippen LogP contribution in [0.4, 0.5) is 14.5 Å². The summed E-state index contributed by atoms with van der Waals surface area (Å²) in [5.41, 5.74) is 5.70. The van der Waals surface area contributed by atoms with Crippen molar-refractivity contribution in [2.45, 2.75) is 44.1 Å². The lowest BCUT2D eigenvalue weighted by atomic mass is 9.84. The Kier molecular flexibility index (Phi) is 5.84. The fourth-order valence-electron chi connectivity index (χ4n) is 3.69. The van der Waals surface area contributed by atoms with Gasteiger partial charge in [-0.25, -0.2) is 13.8 Å². The van der Waals surface area contributed by atoms with Gasteiger partial charge in [-0.15, -0.1) is 11.3 Å². The minimum absolute atomic E-state index is 0.0139. The fraction of sp³-hybridized carbons (Fsp3) is 0.381. The largest absolute Gasteiger partial charge is 0.386 e. The highest BCUT2D eigenvalue weighted by Crippen LogP contribution is 2.38. The summed E-state index contributed by atoms with van der Waals surface area (Å²) < 4.78 is 35.6. The number of ether oxygens (including phenoxy) is 1. The molecular weight excluding hydrogens is 440 g/mol. The number of halogens is 2. The molecular formula is C21H23F2N5O3S. The molecule has 8 nitrogen and oxygen atoms in total. The molecule has 11 heteroatoms. The van der Waals surface area contributed by atoms with Crippen LogP contribution in [0.15, 0.2) is 29.8 Å². The standard InChI is InChI=1S/C21H23F2N5O3S/c1-10-21(2,30)16(24)7-15(31-10)18-13(8-25-28(18)3)26-19(29)14-9-32-20(27-14)17-11(22)5-4-6-12(17)23/h4-6,8-10,15-16,30H,7,24H2,1-3H3,(H,26,29)/t10-,15-,16-,21-/m0/s1. The number of aromatic nitrogens is 3. The van der Waals surface area contributed by atoms with Crippen molar-refractivity contribution in [1.82, 2.24) is 14.8 Å². The predicted molar refractivity (Wildman–Crippen MR) is 115 cm³/mol. The van der Waals surface area contributed by atoms with Crippen molar-refractivity contribution in [3.05, 3.63) is 52.8 Å². The normalized spacial score (nSPS) is 25.7. The summed E-state index contributed by atoms with van der Waals surface area (Å²) >= 11 is 0.966. The zero-order valence-corrected chi connectivity index (χ0v) is 18.5. The second-order valence-corrected chi connectivity index (χ2v) is 8.85. The van der Waals surface area contributed by atoms with Gasteiger partial charge < -0.3 is 20.9 Å². The zero-order valence-electron chi connectivity index (χ0n) is 17.7. The molecule has 1 fully saturated rings. The maximum Gasteiger partial charge on any atom is 0.275 e. The summed E-state index contributed by atoms with van der Waals surface area (Å²) in [6, 6.07) is 2.99. The third kappa shape index (κ3) is 3.92. The van der Waals surface area contributed by atoms with Crippen molar-refractivity contribution in [3.63, 3.8) is 0 Å². The number of nitrogens with one attached hydrogen (secondary N) is 1. The first-order chi connectivity index (χ1) is 15.1. The van der Waals surface area contributed by atoms with E-state index in [-0.39, 0.29) is 16.3 Å². The first-order valence-electron chi connectivity index (χ1n) is 9.96. The molecule has 1 amide bonds. The molecule has 3 aromatic rings. The molecule has 4 atom stereocenters. The molecule has 4 rings (SSSR count). The molecule has 0 aliphatic carbocycles. The number of aliphatic hydroxyl groups is 1. The zero-order chi connectivity index (χ0) is 23.2. The number of benzene rings is 1. The van der Waals surface area contributed by atoms with E-state index in [9.17, 15) is 18.7 Å². The third-order valence-corrected chi connectivity index (χ3v) is 6.72. The number of thiazole rings is 1. The summed E-state index contributed by atoms with van der Waals surface area (Å²) in [7, 11) is 1.71. The van der Waals surface area contributed by atoms with Gasteiger partial charge in [-0.3, -0.25) is 9.48 Å². The van der Waals surface area contributed by atoms with Crippen LogP contribution < -0.4 is 11.1 Å². The van der Waals surface area contributed by atoms with Crippen molar-refractivity contribution < 1.29 is 23.4 Å². The Hall–Kier alpha value is -2.73. The molecule has 0 radical (unpaired) electrons. The summed E-state index contributed by atoms with van der Waals surface area (Å²) in [4.78, 5) is 16.9. The van der Waals surface area contributed by atoms with Gasteiger partial charge in [0.15, 0.2) is 0 Å². The summed E-state index contributed by atoms with van der Waals surface area (Å²) in [5.74, 6) is -2.06. The Labute approximate surface area is 187 Å². The Morgan fingerprint density at radius 1 is 1.41 bits per heavy atom. The fourth-order valence-corrected chi connectivity index (χ4v) is 4.54. The van der Waals surface area contributed by atoms with E-state index >= 15 is 0 Å².